The third-order valence-corrected chi connectivity index (χ3v) is 6.46. The molecule has 0 aliphatic heterocycles. The lowest BCUT2D eigenvalue weighted by Gasteiger charge is -2.30. The van der Waals surface area contributed by atoms with Gasteiger partial charge < -0.3 is 10.2 Å². The molecule has 0 radical (unpaired) electrons. The van der Waals surface area contributed by atoms with E-state index in [2.05, 4.69) is 5.32 Å². The molecule has 2 rings (SSSR count). The Bertz CT molecular complexity index is 1020. The summed E-state index contributed by atoms with van der Waals surface area (Å²) >= 11 is 0. The van der Waals surface area contributed by atoms with Crippen molar-refractivity contribution in [3.05, 3.63) is 65.7 Å². The van der Waals surface area contributed by atoms with Crippen molar-refractivity contribution in [2.24, 2.45) is 0 Å². The number of hydrogen-bond donors (Lipinski definition) is 1. The molecule has 2 amide bonds. The fourth-order valence-corrected chi connectivity index (χ4v) is 4.45. The van der Waals surface area contributed by atoms with Crippen LogP contribution >= 0.6 is 0 Å². The minimum Gasteiger partial charge on any atom is -0.352 e. The highest BCUT2D eigenvalue weighted by molar-refractivity contribution is 7.92. The summed E-state index contributed by atoms with van der Waals surface area (Å²) in [5, 5.41) is 2.86. The largest absolute Gasteiger partial charge is 0.352 e. The van der Waals surface area contributed by atoms with E-state index in [0.717, 1.165) is 17.4 Å². The van der Waals surface area contributed by atoms with Crippen LogP contribution in [-0.2, 0) is 26.2 Å². The molecule has 0 aliphatic carbocycles. The molecule has 0 aliphatic rings. The number of sulfonamides is 1. The van der Waals surface area contributed by atoms with Gasteiger partial charge in [-0.25, -0.2) is 8.42 Å². The number of rotatable bonds is 11. The number of benzene rings is 2. The standard InChI is InChI=1S/C25H35N3O4S/c1-19(2)26-25(30)21(4)27(18-22-10-7-6-8-11-22)24(29)12-9-17-28(33(5,31)32)23-15-13-20(3)14-16-23/h6-8,10-11,13-16,19,21H,9,12,17-18H2,1-5H3,(H,26,30). The molecule has 0 saturated carbocycles. The van der Waals surface area contributed by atoms with Gasteiger partial charge in [-0.3, -0.25) is 13.9 Å². The Balaban J connectivity index is 2.13. The Morgan fingerprint density at radius 3 is 2.12 bits per heavy atom. The molecule has 33 heavy (non-hydrogen) atoms. The molecule has 1 N–H and O–H groups in total. The van der Waals surface area contributed by atoms with E-state index in [9.17, 15) is 18.0 Å². The van der Waals surface area contributed by atoms with E-state index < -0.39 is 16.1 Å². The molecule has 0 aromatic heterocycles. The Labute approximate surface area is 197 Å². The Morgan fingerprint density at radius 2 is 1.58 bits per heavy atom. The van der Waals surface area contributed by atoms with Crippen molar-refractivity contribution in [1.82, 2.24) is 10.2 Å². The van der Waals surface area contributed by atoms with Crippen LogP contribution in [0.5, 0.6) is 0 Å². The average molecular weight is 474 g/mol. The number of carbonyl (C=O) groups is 2. The summed E-state index contributed by atoms with van der Waals surface area (Å²) in [7, 11) is -3.50. The second-order valence-corrected chi connectivity index (χ2v) is 10.5. The molecule has 8 heteroatoms. The first-order valence-electron chi connectivity index (χ1n) is 11.2. The van der Waals surface area contributed by atoms with Gasteiger partial charge in [0.15, 0.2) is 0 Å². The predicted octanol–water partition coefficient (Wildman–Crippen LogP) is 3.48. The summed E-state index contributed by atoms with van der Waals surface area (Å²) in [6.07, 6.45) is 1.63. The van der Waals surface area contributed by atoms with Gasteiger partial charge in [0.2, 0.25) is 21.8 Å². The van der Waals surface area contributed by atoms with Crippen LogP contribution in [0.15, 0.2) is 54.6 Å². The van der Waals surface area contributed by atoms with E-state index >= 15 is 0 Å². The van der Waals surface area contributed by atoms with E-state index in [0.29, 0.717) is 18.7 Å². The molecule has 7 nitrogen and oxygen atoms in total. The minimum absolute atomic E-state index is 0.0357. The maximum absolute atomic E-state index is 13.2. The van der Waals surface area contributed by atoms with Crippen molar-refractivity contribution < 1.29 is 18.0 Å². The first-order chi connectivity index (χ1) is 15.5. The van der Waals surface area contributed by atoms with Crippen LogP contribution in [0.3, 0.4) is 0 Å². The third kappa shape index (κ3) is 8.20. The zero-order valence-corrected chi connectivity index (χ0v) is 20.9. The highest BCUT2D eigenvalue weighted by Crippen LogP contribution is 2.19. The van der Waals surface area contributed by atoms with Crippen LogP contribution in [0.4, 0.5) is 5.69 Å². The summed E-state index contributed by atoms with van der Waals surface area (Å²) in [6.45, 7) is 7.88. The molecule has 0 bridgehead atoms. The molecule has 0 spiro atoms. The lowest BCUT2D eigenvalue weighted by atomic mass is 10.1. The number of hydrogen-bond acceptors (Lipinski definition) is 4. The number of amides is 2. The molecule has 1 atom stereocenters. The Kier molecular flexibility index (Phi) is 9.46. The van der Waals surface area contributed by atoms with Crippen molar-refractivity contribution in [3.63, 3.8) is 0 Å². The zero-order chi connectivity index (χ0) is 24.6. The molecular weight excluding hydrogens is 438 g/mol. The van der Waals surface area contributed by atoms with E-state index in [1.165, 1.54) is 4.31 Å². The first-order valence-corrected chi connectivity index (χ1v) is 13.0. The van der Waals surface area contributed by atoms with Crippen LogP contribution < -0.4 is 9.62 Å². The second-order valence-electron chi connectivity index (χ2n) is 8.62. The second kappa shape index (κ2) is 11.8. The number of carbonyl (C=O) groups excluding carboxylic acids is 2. The van der Waals surface area contributed by atoms with Crippen molar-refractivity contribution in [1.29, 1.82) is 0 Å². The normalized spacial score (nSPS) is 12.3. The predicted molar refractivity (Wildman–Crippen MR) is 132 cm³/mol. The third-order valence-electron chi connectivity index (χ3n) is 5.27. The van der Waals surface area contributed by atoms with Gasteiger partial charge in [-0.1, -0.05) is 48.0 Å². The topological polar surface area (TPSA) is 86.8 Å². The quantitative estimate of drug-likeness (QED) is 0.541. The highest BCUT2D eigenvalue weighted by atomic mass is 32.2. The van der Waals surface area contributed by atoms with Gasteiger partial charge in [-0.05, 0) is 51.8 Å². The van der Waals surface area contributed by atoms with Gasteiger partial charge in [-0.15, -0.1) is 0 Å². The molecule has 1 unspecified atom stereocenters. The van der Waals surface area contributed by atoms with Crippen LogP contribution in [0.25, 0.3) is 0 Å². The molecule has 180 valence electrons. The molecule has 0 heterocycles. The fraction of sp³-hybridized carbons (Fsp3) is 0.440. The SMILES string of the molecule is Cc1ccc(N(CCCC(=O)N(Cc2ccccc2)C(C)C(=O)NC(C)C)S(C)(=O)=O)cc1. The van der Waals surface area contributed by atoms with Gasteiger partial charge in [0.05, 0.1) is 11.9 Å². The van der Waals surface area contributed by atoms with Crippen molar-refractivity contribution in [3.8, 4) is 0 Å². The van der Waals surface area contributed by atoms with Gasteiger partial charge in [-0.2, -0.15) is 0 Å². The Morgan fingerprint density at radius 1 is 0.970 bits per heavy atom. The number of nitrogens with zero attached hydrogens (tertiary/aromatic N) is 2. The maximum atomic E-state index is 13.2. The monoisotopic (exact) mass is 473 g/mol. The highest BCUT2D eigenvalue weighted by Gasteiger charge is 2.27. The first kappa shape index (κ1) is 26.4. The maximum Gasteiger partial charge on any atom is 0.242 e. The van der Waals surface area contributed by atoms with Crippen LogP contribution in [-0.4, -0.2) is 50.0 Å². The summed E-state index contributed by atoms with van der Waals surface area (Å²) < 4.78 is 26.0. The summed E-state index contributed by atoms with van der Waals surface area (Å²) in [4.78, 5) is 27.4. The van der Waals surface area contributed by atoms with Gasteiger partial charge in [0, 0.05) is 25.6 Å². The summed E-state index contributed by atoms with van der Waals surface area (Å²) in [5.41, 5.74) is 2.53. The van der Waals surface area contributed by atoms with E-state index in [4.69, 9.17) is 0 Å². The van der Waals surface area contributed by atoms with Gasteiger partial charge >= 0.3 is 0 Å². The van der Waals surface area contributed by atoms with Crippen LogP contribution in [0.2, 0.25) is 0 Å². The minimum atomic E-state index is -3.50. The number of anilines is 1. The fourth-order valence-electron chi connectivity index (χ4n) is 3.48. The molecule has 0 saturated heterocycles. The molecule has 2 aromatic rings. The molecule has 0 fully saturated rings. The number of nitrogens with one attached hydrogen (secondary N) is 1. The number of aryl methyl sites for hydroxylation is 1. The molecule has 2 aromatic carbocycles. The van der Waals surface area contributed by atoms with Gasteiger partial charge in [0.1, 0.15) is 6.04 Å². The van der Waals surface area contributed by atoms with E-state index in [1.807, 2.05) is 63.2 Å². The van der Waals surface area contributed by atoms with Crippen molar-refractivity contribution in [2.75, 3.05) is 17.1 Å². The van der Waals surface area contributed by atoms with Crippen LogP contribution in [0, 0.1) is 6.92 Å². The summed E-state index contributed by atoms with van der Waals surface area (Å²) in [6, 6.07) is 16.1. The lowest BCUT2D eigenvalue weighted by molar-refractivity contribution is -0.140. The average Bonchev–Trinajstić information content (AvgIpc) is 2.74. The zero-order valence-electron chi connectivity index (χ0n) is 20.1. The van der Waals surface area contributed by atoms with E-state index in [1.54, 1.807) is 24.0 Å². The van der Waals surface area contributed by atoms with Gasteiger partial charge in [0.25, 0.3) is 0 Å². The lowest BCUT2D eigenvalue weighted by Crippen LogP contribution is -2.49. The molecular formula is C25H35N3O4S. The van der Waals surface area contributed by atoms with Crippen LogP contribution in [0.1, 0.15) is 44.7 Å². The summed E-state index contributed by atoms with van der Waals surface area (Å²) in [5.74, 6) is -0.408. The van der Waals surface area contributed by atoms with E-state index in [-0.39, 0.29) is 30.8 Å². The van der Waals surface area contributed by atoms with Crippen molar-refractivity contribution in [2.45, 2.75) is 59.2 Å². The smallest absolute Gasteiger partial charge is 0.242 e. The van der Waals surface area contributed by atoms with Crippen molar-refractivity contribution >= 4 is 27.5 Å². The Hall–Kier alpha value is -2.87.